The summed E-state index contributed by atoms with van der Waals surface area (Å²) in [4.78, 5) is 17.1. The molecule has 3 aromatic carbocycles. The standard InChI is InChI=1S/C30H28BrClN6O/c1-19(2)22-11-13-23(14-12-22)36-30(39)34-17-21-9-7-20(8-10-21)16-33-28-15-27(24-5-3-4-6-26(24)32)37-29-25(31)18-35-38(28)29/h3-15,18-19,33H,16-17H2,1-2H3,(H2,34,36,39). The van der Waals surface area contributed by atoms with Crippen LogP contribution in [-0.4, -0.2) is 20.6 Å². The molecule has 0 unspecified atom stereocenters. The van der Waals surface area contributed by atoms with Crippen molar-refractivity contribution in [2.24, 2.45) is 0 Å². The number of anilines is 2. The second kappa shape index (κ2) is 11.9. The minimum atomic E-state index is -0.237. The Morgan fingerprint density at radius 3 is 2.36 bits per heavy atom. The van der Waals surface area contributed by atoms with E-state index in [1.807, 2.05) is 78.9 Å². The van der Waals surface area contributed by atoms with Crippen LogP contribution in [0, 0.1) is 0 Å². The van der Waals surface area contributed by atoms with Gasteiger partial charge >= 0.3 is 6.03 Å². The van der Waals surface area contributed by atoms with Crippen molar-refractivity contribution in [3.63, 3.8) is 0 Å². The number of nitrogens with zero attached hydrogens (tertiary/aromatic N) is 3. The van der Waals surface area contributed by atoms with Crippen LogP contribution in [0.15, 0.2) is 89.5 Å². The molecule has 9 heteroatoms. The second-order valence-corrected chi connectivity index (χ2v) is 10.8. The molecule has 0 atom stereocenters. The Kier molecular flexibility index (Phi) is 8.14. The van der Waals surface area contributed by atoms with Crippen molar-refractivity contribution in [2.45, 2.75) is 32.9 Å². The highest BCUT2D eigenvalue weighted by Crippen LogP contribution is 2.30. The van der Waals surface area contributed by atoms with Crippen LogP contribution in [-0.2, 0) is 13.1 Å². The van der Waals surface area contributed by atoms with E-state index < -0.39 is 0 Å². The summed E-state index contributed by atoms with van der Waals surface area (Å²) in [6.45, 7) is 5.30. The van der Waals surface area contributed by atoms with Crippen LogP contribution in [0.1, 0.15) is 36.5 Å². The highest BCUT2D eigenvalue weighted by molar-refractivity contribution is 9.10. The van der Waals surface area contributed by atoms with Crippen LogP contribution < -0.4 is 16.0 Å². The van der Waals surface area contributed by atoms with Crippen LogP contribution in [0.2, 0.25) is 5.02 Å². The SMILES string of the molecule is CC(C)c1ccc(NC(=O)NCc2ccc(CNc3cc(-c4ccccc4Cl)nc4c(Br)cnn34)cc2)cc1. The largest absolute Gasteiger partial charge is 0.366 e. The maximum atomic E-state index is 12.3. The molecule has 0 saturated heterocycles. The number of hydrogen-bond acceptors (Lipinski definition) is 4. The molecule has 0 radical (unpaired) electrons. The number of carbonyl (C=O) groups is 1. The quantitative estimate of drug-likeness (QED) is 0.169. The fraction of sp³-hybridized carbons (Fsp3) is 0.167. The summed E-state index contributed by atoms with van der Waals surface area (Å²) in [5, 5.41) is 14.3. The van der Waals surface area contributed by atoms with Gasteiger partial charge in [0.15, 0.2) is 5.65 Å². The molecule has 39 heavy (non-hydrogen) atoms. The monoisotopic (exact) mass is 602 g/mol. The van der Waals surface area contributed by atoms with Crippen molar-refractivity contribution in [1.29, 1.82) is 0 Å². The Hall–Kier alpha value is -3.88. The van der Waals surface area contributed by atoms with Crippen LogP contribution in [0.5, 0.6) is 0 Å². The predicted molar refractivity (Wildman–Crippen MR) is 161 cm³/mol. The lowest BCUT2D eigenvalue weighted by Crippen LogP contribution is -2.28. The number of carbonyl (C=O) groups excluding carboxylic acids is 1. The first-order valence-corrected chi connectivity index (χ1v) is 13.8. The minimum absolute atomic E-state index is 0.237. The molecule has 2 amide bonds. The van der Waals surface area contributed by atoms with Crippen molar-refractivity contribution in [2.75, 3.05) is 10.6 Å². The van der Waals surface area contributed by atoms with E-state index in [0.29, 0.717) is 29.7 Å². The molecule has 0 bridgehead atoms. The number of fused-ring (bicyclic) bond motifs is 1. The van der Waals surface area contributed by atoms with E-state index in [0.717, 1.165) is 38.4 Å². The van der Waals surface area contributed by atoms with Crippen molar-refractivity contribution < 1.29 is 4.79 Å². The molecular weight excluding hydrogens is 576 g/mol. The predicted octanol–water partition coefficient (Wildman–Crippen LogP) is 7.87. The smallest absolute Gasteiger partial charge is 0.319 e. The minimum Gasteiger partial charge on any atom is -0.366 e. The molecule has 2 heterocycles. The summed E-state index contributed by atoms with van der Waals surface area (Å²) in [7, 11) is 0. The molecular formula is C30H28BrClN6O. The summed E-state index contributed by atoms with van der Waals surface area (Å²) in [5.74, 6) is 1.25. The van der Waals surface area contributed by atoms with Gasteiger partial charge < -0.3 is 16.0 Å². The van der Waals surface area contributed by atoms with Crippen molar-refractivity contribution in [3.05, 3.63) is 111 Å². The highest BCUT2D eigenvalue weighted by atomic mass is 79.9. The average molecular weight is 604 g/mol. The van der Waals surface area contributed by atoms with Gasteiger partial charge in [0.25, 0.3) is 0 Å². The Balaban J connectivity index is 1.21. The fourth-order valence-electron chi connectivity index (χ4n) is 4.15. The topological polar surface area (TPSA) is 83.4 Å². The van der Waals surface area contributed by atoms with Crippen LogP contribution in [0.3, 0.4) is 0 Å². The van der Waals surface area contributed by atoms with E-state index in [-0.39, 0.29) is 6.03 Å². The average Bonchev–Trinajstić information content (AvgIpc) is 3.32. The van der Waals surface area contributed by atoms with Crippen LogP contribution in [0.25, 0.3) is 16.9 Å². The van der Waals surface area contributed by atoms with Crippen molar-refractivity contribution >= 4 is 50.7 Å². The van der Waals surface area contributed by atoms with Gasteiger partial charge in [-0.15, -0.1) is 0 Å². The normalized spacial score (nSPS) is 11.1. The summed E-state index contributed by atoms with van der Waals surface area (Å²) in [6, 6.07) is 25.4. The second-order valence-electron chi connectivity index (χ2n) is 9.49. The number of urea groups is 1. The molecule has 0 aliphatic carbocycles. The lowest BCUT2D eigenvalue weighted by Gasteiger charge is -2.12. The first-order valence-electron chi connectivity index (χ1n) is 12.6. The molecule has 0 aliphatic rings. The van der Waals surface area contributed by atoms with E-state index in [1.54, 1.807) is 10.7 Å². The van der Waals surface area contributed by atoms with E-state index >= 15 is 0 Å². The van der Waals surface area contributed by atoms with Gasteiger partial charge in [-0.25, -0.2) is 9.78 Å². The van der Waals surface area contributed by atoms with Gasteiger partial charge in [-0.05, 0) is 56.7 Å². The maximum Gasteiger partial charge on any atom is 0.319 e. The van der Waals surface area contributed by atoms with E-state index in [2.05, 4.69) is 50.8 Å². The summed E-state index contributed by atoms with van der Waals surface area (Å²) in [5.41, 5.74) is 6.41. The van der Waals surface area contributed by atoms with Gasteiger partial charge in [-0.2, -0.15) is 9.61 Å². The highest BCUT2D eigenvalue weighted by Gasteiger charge is 2.13. The molecule has 198 valence electrons. The first kappa shape index (κ1) is 26.7. The van der Waals surface area contributed by atoms with Crippen LogP contribution >= 0.6 is 27.5 Å². The summed E-state index contributed by atoms with van der Waals surface area (Å²) in [6.07, 6.45) is 1.72. The van der Waals surface area contributed by atoms with E-state index in [4.69, 9.17) is 16.6 Å². The number of amides is 2. The number of benzene rings is 3. The van der Waals surface area contributed by atoms with Gasteiger partial charge in [-0.1, -0.05) is 80.0 Å². The number of aromatic nitrogens is 3. The lowest BCUT2D eigenvalue weighted by molar-refractivity contribution is 0.251. The fourth-order valence-corrected chi connectivity index (χ4v) is 4.73. The third-order valence-electron chi connectivity index (χ3n) is 6.36. The molecule has 5 aromatic rings. The molecule has 5 rings (SSSR count). The number of rotatable bonds is 8. The van der Waals surface area contributed by atoms with Gasteiger partial charge in [0.05, 0.1) is 16.4 Å². The Labute approximate surface area is 240 Å². The molecule has 3 N–H and O–H groups in total. The van der Waals surface area contributed by atoms with Crippen molar-refractivity contribution in [3.8, 4) is 11.3 Å². The van der Waals surface area contributed by atoms with Gasteiger partial charge in [0.2, 0.25) is 0 Å². The Morgan fingerprint density at radius 2 is 1.67 bits per heavy atom. The molecule has 0 fully saturated rings. The molecule has 0 saturated carbocycles. The zero-order chi connectivity index (χ0) is 27.4. The van der Waals surface area contributed by atoms with Gasteiger partial charge in [-0.3, -0.25) is 0 Å². The molecule has 2 aromatic heterocycles. The van der Waals surface area contributed by atoms with Crippen molar-refractivity contribution in [1.82, 2.24) is 19.9 Å². The van der Waals surface area contributed by atoms with Crippen LogP contribution in [0.4, 0.5) is 16.3 Å². The van der Waals surface area contributed by atoms with Gasteiger partial charge in [0.1, 0.15) is 5.82 Å². The number of hydrogen-bond donors (Lipinski definition) is 3. The third-order valence-corrected chi connectivity index (χ3v) is 7.25. The summed E-state index contributed by atoms with van der Waals surface area (Å²) >= 11 is 9.98. The number of nitrogens with one attached hydrogen (secondary N) is 3. The Bertz CT molecular complexity index is 1600. The third kappa shape index (κ3) is 6.41. The zero-order valence-corrected chi connectivity index (χ0v) is 23.9. The molecule has 0 spiro atoms. The molecule has 0 aliphatic heterocycles. The van der Waals surface area contributed by atoms with E-state index in [1.165, 1.54) is 5.56 Å². The lowest BCUT2D eigenvalue weighted by atomic mass is 10.0. The van der Waals surface area contributed by atoms with E-state index in [9.17, 15) is 4.79 Å². The first-order chi connectivity index (χ1) is 18.9. The van der Waals surface area contributed by atoms with Gasteiger partial charge in [0, 0.05) is 35.4 Å². The molecule has 7 nitrogen and oxygen atoms in total. The summed E-state index contributed by atoms with van der Waals surface area (Å²) < 4.78 is 2.56. The Morgan fingerprint density at radius 1 is 0.974 bits per heavy atom. The number of halogens is 2. The zero-order valence-electron chi connectivity index (χ0n) is 21.6. The maximum absolute atomic E-state index is 12.3.